The molecule has 6 nitrogen and oxygen atoms in total. The molecule has 0 fully saturated rings. The topological polar surface area (TPSA) is 77.0 Å². The molecule has 1 amide bonds. The van der Waals surface area contributed by atoms with Crippen LogP contribution < -0.4 is 14.9 Å². The highest BCUT2D eigenvalue weighted by Crippen LogP contribution is 2.16. The number of carbonyl (C=O) groups excluding carboxylic acids is 2. The Balaban J connectivity index is 1.56. The van der Waals surface area contributed by atoms with Gasteiger partial charge in [0.1, 0.15) is 17.3 Å². The van der Waals surface area contributed by atoms with Gasteiger partial charge in [0.15, 0.2) is 0 Å². The van der Waals surface area contributed by atoms with Crippen LogP contribution in [0.1, 0.15) is 26.3 Å². The van der Waals surface area contributed by atoms with Crippen molar-refractivity contribution < 1.29 is 23.5 Å². The molecule has 0 atom stereocenters. The summed E-state index contributed by atoms with van der Waals surface area (Å²) in [5, 5.41) is 3.80. The molecule has 0 aliphatic carbocycles. The summed E-state index contributed by atoms with van der Waals surface area (Å²) in [6.07, 6.45) is 1.40. The standard InChI is InChI=1S/C22H17FN2O4/c1-28-17-12-8-16(9-13-17)22(27)29-18-10-6-15(7-11-18)14-24-25-21(26)19-4-2-3-5-20(19)23/h2-14H,1H3,(H,25,26)/b24-14-. The van der Waals surface area contributed by atoms with Gasteiger partial charge in [0.05, 0.1) is 24.5 Å². The Kier molecular flexibility index (Phi) is 6.32. The maximum Gasteiger partial charge on any atom is 0.343 e. The molecule has 3 aromatic rings. The van der Waals surface area contributed by atoms with Crippen molar-refractivity contribution in [2.45, 2.75) is 0 Å². The minimum Gasteiger partial charge on any atom is -0.497 e. The second-order valence-corrected chi connectivity index (χ2v) is 5.87. The summed E-state index contributed by atoms with van der Waals surface area (Å²) in [7, 11) is 1.55. The van der Waals surface area contributed by atoms with Crippen molar-refractivity contribution in [2.75, 3.05) is 7.11 Å². The average Bonchev–Trinajstić information content (AvgIpc) is 2.75. The molecule has 0 heterocycles. The number of halogens is 1. The van der Waals surface area contributed by atoms with Crippen LogP contribution in [-0.2, 0) is 0 Å². The number of nitrogens with one attached hydrogen (secondary N) is 1. The van der Waals surface area contributed by atoms with Gasteiger partial charge in [0.2, 0.25) is 0 Å². The van der Waals surface area contributed by atoms with Gasteiger partial charge in [-0.1, -0.05) is 12.1 Å². The number of esters is 1. The molecule has 0 unspecified atom stereocenters. The van der Waals surface area contributed by atoms with E-state index >= 15 is 0 Å². The number of hydrazone groups is 1. The Hall–Kier alpha value is -4.00. The van der Waals surface area contributed by atoms with E-state index in [9.17, 15) is 14.0 Å². The van der Waals surface area contributed by atoms with Crippen LogP contribution in [0.25, 0.3) is 0 Å². The third-order valence-corrected chi connectivity index (χ3v) is 3.91. The van der Waals surface area contributed by atoms with Crippen LogP contribution in [0.2, 0.25) is 0 Å². The Labute approximate surface area is 166 Å². The fourth-order valence-electron chi connectivity index (χ4n) is 2.39. The zero-order chi connectivity index (χ0) is 20.6. The number of hydrogen-bond acceptors (Lipinski definition) is 5. The molecule has 0 radical (unpaired) electrons. The molecule has 0 bridgehead atoms. The molecule has 0 aromatic heterocycles. The summed E-state index contributed by atoms with van der Waals surface area (Å²) < 4.78 is 23.9. The average molecular weight is 392 g/mol. The maximum atomic E-state index is 13.5. The third kappa shape index (κ3) is 5.26. The van der Waals surface area contributed by atoms with E-state index in [0.29, 0.717) is 22.6 Å². The lowest BCUT2D eigenvalue weighted by molar-refractivity contribution is 0.0734. The fraction of sp³-hybridized carbons (Fsp3) is 0.0455. The van der Waals surface area contributed by atoms with Crippen LogP contribution in [0.3, 0.4) is 0 Å². The van der Waals surface area contributed by atoms with E-state index in [4.69, 9.17) is 9.47 Å². The fourth-order valence-corrected chi connectivity index (χ4v) is 2.39. The highest BCUT2D eigenvalue weighted by Gasteiger charge is 2.10. The van der Waals surface area contributed by atoms with Gasteiger partial charge >= 0.3 is 5.97 Å². The van der Waals surface area contributed by atoms with Crippen molar-refractivity contribution in [3.63, 3.8) is 0 Å². The van der Waals surface area contributed by atoms with E-state index in [-0.39, 0.29) is 5.56 Å². The predicted molar refractivity (Wildman–Crippen MR) is 106 cm³/mol. The molecule has 0 aliphatic heterocycles. The highest BCUT2D eigenvalue weighted by atomic mass is 19.1. The number of benzene rings is 3. The number of nitrogens with zero attached hydrogens (tertiary/aromatic N) is 1. The zero-order valence-corrected chi connectivity index (χ0v) is 15.5. The van der Waals surface area contributed by atoms with Crippen LogP contribution in [0.15, 0.2) is 77.9 Å². The van der Waals surface area contributed by atoms with Gasteiger partial charge in [-0.05, 0) is 66.2 Å². The molecule has 3 rings (SSSR count). The van der Waals surface area contributed by atoms with E-state index in [1.165, 1.54) is 24.4 Å². The van der Waals surface area contributed by atoms with E-state index in [1.807, 2.05) is 0 Å². The van der Waals surface area contributed by atoms with E-state index < -0.39 is 17.7 Å². The lowest BCUT2D eigenvalue weighted by atomic mass is 10.2. The summed E-state index contributed by atoms with van der Waals surface area (Å²) in [5.74, 6) is -0.760. The first-order valence-corrected chi connectivity index (χ1v) is 8.61. The van der Waals surface area contributed by atoms with Gasteiger partial charge in [-0.3, -0.25) is 4.79 Å². The number of carbonyl (C=O) groups is 2. The van der Waals surface area contributed by atoms with Crippen molar-refractivity contribution in [3.8, 4) is 11.5 Å². The normalized spacial score (nSPS) is 10.6. The second kappa shape index (κ2) is 9.27. The zero-order valence-electron chi connectivity index (χ0n) is 15.5. The maximum absolute atomic E-state index is 13.5. The van der Waals surface area contributed by atoms with E-state index in [2.05, 4.69) is 10.5 Å². The molecule has 0 saturated carbocycles. The number of hydrogen-bond donors (Lipinski definition) is 1. The predicted octanol–water partition coefficient (Wildman–Crippen LogP) is 3.82. The summed E-state index contributed by atoms with van der Waals surface area (Å²) in [6, 6.07) is 18.7. The van der Waals surface area contributed by atoms with Gasteiger partial charge in [0, 0.05) is 0 Å². The molecule has 0 aliphatic rings. The molecule has 3 aromatic carbocycles. The number of ether oxygens (including phenoxy) is 2. The number of methoxy groups -OCH3 is 1. The SMILES string of the molecule is COc1ccc(C(=O)Oc2ccc(/C=N\NC(=O)c3ccccc3F)cc2)cc1. The van der Waals surface area contributed by atoms with E-state index in [1.54, 1.807) is 61.7 Å². The van der Waals surface area contributed by atoms with Crippen LogP contribution in [0, 0.1) is 5.82 Å². The Bertz CT molecular complexity index is 1030. The van der Waals surface area contributed by atoms with Crippen LogP contribution in [0.4, 0.5) is 4.39 Å². The lowest BCUT2D eigenvalue weighted by Gasteiger charge is -2.05. The van der Waals surface area contributed by atoms with Gasteiger partial charge in [-0.15, -0.1) is 0 Å². The van der Waals surface area contributed by atoms with Gasteiger partial charge < -0.3 is 9.47 Å². The minimum atomic E-state index is -0.649. The Morgan fingerprint density at radius 3 is 2.24 bits per heavy atom. The monoisotopic (exact) mass is 392 g/mol. The van der Waals surface area contributed by atoms with Gasteiger partial charge in [-0.2, -0.15) is 5.10 Å². The van der Waals surface area contributed by atoms with Crippen LogP contribution in [0.5, 0.6) is 11.5 Å². The molecule has 29 heavy (non-hydrogen) atoms. The van der Waals surface area contributed by atoms with Crippen molar-refractivity contribution in [3.05, 3.63) is 95.3 Å². The number of rotatable bonds is 6. The summed E-state index contributed by atoms with van der Waals surface area (Å²) in [4.78, 5) is 24.0. The van der Waals surface area contributed by atoms with Crippen molar-refractivity contribution in [1.82, 2.24) is 5.43 Å². The third-order valence-electron chi connectivity index (χ3n) is 3.91. The van der Waals surface area contributed by atoms with Crippen molar-refractivity contribution in [1.29, 1.82) is 0 Å². The smallest absolute Gasteiger partial charge is 0.343 e. The first kappa shape index (κ1) is 19.8. The van der Waals surface area contributed by atoms with Gasteiger partial charge in [0.25, 0.3) is 5.91 Å². The molecular formula is C22H17FN2O4. The first-order chi connectivity index (χ1) is 14.1. The van der Waals surface area contributed by atoms with E-state index in [0.717, 1.165) is 0 Å². The molecule has 0 saturated heterocycles. The largest absolute Gasteiger partial charge is 0.497 e. The number of amides is 1. The van der Waals surface area contributed by atoms with Crippen molar-refractivity contribution >= 4 is 18.1 Å². The second-order valence-electron chi connectivity index (χ2n) is 5.87. The summed E-state index contributed by atoms with van der Waals surface area (Å²) >= 11 is 0. The summed E-state index contributed by atoms with van der Waals surface area (Å²) in [5.41, 5.74) is 3.22. The molecular weight excluding hydrogens is 375 g/mol. The lowest BCUT2D eigenvalue weighted by Crippen LogP contribution is -2.18. The highest BCUT2D eigenvalue weighted by molar-refractivity contribution is 5.95. The summed E-state index contributed by atoms with van der Waals surface area (Å²) in [6.45, 7) is 0. The van der Waals surface area contributed by atoms with Crippen LogP contribution >= 0.6 is 0 Å². The van der Waals surface area contributed by atoms with Crippen molar-refractivity contribution in [2.24, 2.45) is 5.10 Å². The first-order valence-electron chi connectivity index (χ1n) is 8.61. The Morgan fingerprint density at radius 1 is 0.931 bits per heavy atom. The van der Waals surface area contributed by atoms with Crippen LogP contribution in [-0.4, -0.2) is 25.2 Å². The minimum absolute atomic E-state index is 0.0922. The molecule has 1 N–H and O–H groups in total. The quantitative estimate of drug-likeness (QED) is 0.299. The molecule has 7 heteroatoms. The molecule has 0 spiro atoms. The Morgan fingerprint density at radius 2 is 1.59 bits per heavy atom. The van der Waals surface area contributed by atoms with Gasteiger partial charge in [-0.25, -0.2) is 14.6 Å². The molecule has 146 valence electrons.